The lowest BCUT2D eigenvalue weighted by Crippen LogP contribution is -1.88. The molecule has 1 aromatic rings. The van der Waals surface area contributed by atoms with Crippen LogP contribution in [0.4, 0.5) is 5.13 Å². The Morgan fingerprint density at radius 2 is 2.20 bits per heavy atom. The lowest BCUT2D eigenvalue weighted by Gasteiger charge is -1.94. The average Bonchev–Trinajstić information content (AvgIpc) is 2.14. The number of anilines is 1. The van der Waals surface area contributed by atoms with Gasteiger partial charge in [0, 0.05) is 5.38 Å². The average molecular weight is 179 g/mol. The van der Waals surface area contributed by atoms with Gasteiger partial charge in [0.05, 0.1) is 5.69 Å². The van der Waals surface area contributed by atoms with E-state index < -0.39 is 0 Å². The maximum Gasteiger partial charge on any atom is 0.180 e. The largest absolute Gasteiger partial charge is 0.375 e. The molecule has 0 saturated heterocycles. The SMILES string of the molecule is CC(C)c1csc(N)n1.Cl. The van der Waals surface area contributed by atoms with Crippen LogP contribution in [0, 0.1) is 0 Å². The van der Waals surface area contributed by atoms with Crippen LogP contribution in [0.1, 0.15) is 25.5 Å². The number of aromatic nitrogens is 1. The molecule has 0 fully saturated rings. The van der Waals surface area contributed by atoms with Crippen LogP contribution in [0.5, 0.6) is 0 Å². The van der Waals surface area contributed by atoms with Crippen molar-refractivity contribution in [1.29, 1.82) is 0 Å². The highest BCUT2D eigenvalue weighted by Crippen LogP contribution is 2.18. The predicted molar refractivity (Wildman–Crippen MR) is 47.9 cm³/mol. The highest BCUT2D eigenvalue weighted by Gasteiger charge is 2.01. The predicted octanol–water partition coefficient (Wildman–Crippen LogP) is 2.27. The summed E-state index contributed by atoms with van der Waals surface area (Å²) in [4.78, 5) is 4.11. The molecule has 0 radical (unpaired) electrons. The van der Waals surface area contributed by atoms with Crippen LogP contribution >= 0.6 is 23.7 Å². The number of nitrogens with zero attached hydrogens (tertiary/aromatic N) is 1. The zero-order valence-corrected chi connectivity index (χ0v) is 7.63. The molecule has 0 bridgehead atoms. The third-order valence-corrected chi connectivity index (χ3v) is 1.82. The summed E-state index contributed by atoms with van der Waals surface area (Å²) in [5, 5.41) is 2.67. The fourth-order valence-electron chi connectivity index (χ4n) is 0.566. The van der Waals surface area contributed by atoms with Crippen LogP contribution in [0.25, 0.3) is 0 Å². The van der Waals surface area contributed by atoms with Crippen LogP contribution in [-0.2, 0) is 0 Å². The van der Waals surface area contributed by atoms with Gasteiger partial charge in [-0.2, -0.15) is 0 Å². The van der Waals surface area contributed by atoms with Crippen LogP contribution in [-0.4, -0.2) is 4.98 Å². The first-order valence-electron chi connectivity index (χ1n) is 2.91. The number of nitrogens with two attached hydrogens (primary N) is 1. The van der Waals surface area contributed by atoms with Crippen molar-refractivity contribution < 1.29 is 0 Å². The Balaban J connectivity index is 0.000000810. The summed E-state index contributed by atoms with van der Waals surface area (Å²) in [5.41, 5.74) is 6.52. The van der Waals surface area contributed by atoms with E-state index in [1.165, 1.54) is 11.3 Å². The lowest BCUT2D eigenvalue weighted by atomic mass is 10.2. The van der Waals surface area contributed by atoms with Crippen molar-refractivity contribution in [2.24, 2.45) is 0 Å². The molecule has 0 aliphatic carbocycles. The zero-order valence-electron chi connectivity index (χ0n) is 6.00. The Morgan fingerprint density at radius 3 is 2.40 bits per heavy atom. The summed E-state index contributed by atoms with van der Waals surface area (Å²) in [7, 11) is 0. The van der Waals surface area contributed by atoms with Gasteiger partial charge in [-0.15, -0.1) is 23.7 Å². The van der Waals surface area contributed by atoms with Gasteiger partial charge in [-0.05, 0) is 5.92 Å². The molecule has 0 aliphatic heterocycles. The molecule has 4 heteroatoms. The summed E-state index contributed by atoms with van der Waals surface area (Å²) in [6.07, 6.45) is 0. The monoisotopic (exact) mass is 178 g/mol. The Kier molecular flexibility index (Phi) is 3.68. The molecule has 0 unspecified atom stereocenters. The summed E-state index contributed by atoms with van der Waals surface area (Å²) in [6.45, 7) is 4.21. The van der Waals surface area contributed by atoms with Gasteiger partial charge in [0.15, 0.2) is 5.13 Å². The van der Waals surface area contributed by atoms with E-state index in [9.17, 15) is 0 Å². The second kappa shape index (κ2) is 3.78. The molecule has 1 aromatic heterocycles. The normalized spacial score (nSPS) is 9.50. The highest BCUT2D eigenvalue weighted by molar-refractivity contribution is 7.13. The Labute approximate surface area is 70.9 Å². The molecule has 2 nitrogen and oxygen atoms in total. The first-order valence-corrected chi connectivity index (χ1v) is 3.79. The number of halogens is 1. The van der Waals surface area contributed by atoms with E-state index >= 15 is 0 Å². The van der Waals surface area contributed by atoms with Crippen molar-refractivity contribution >= 4 is 28.9 Å². The maximum atomic E-state index is 5.42. The first-order chi connectivity index (χ1) is 4.20. The fraction of sp³-hybridized carbons (Fsp3) is 0.500. The second-order valence-corrected chi connectivity index (χ2v) is 3.15. The Bertz CT molecular complexity index is 197. The molecule has 0 amide bonds. The third-order valence-electron chi connectivity index (χ3n) is 1.13. The molecule has 0 spiro atoms. The topological polar surface area (TPSA) is 38.9 Å². The molecule has 0 aliphatic rings. The number of hydrogen-bond donors (Lipinski definition) is 1. The minimum atomic E-state index is 0. The van der Waals surface area contributed by atoms with Crippen molar-refractivity contribution in [2.45, 2.75) is 19.8 Å². The number of thiazole rings is 1. The second-order valence-electron chi connectivity index (χ2n) is 2.27. The number of rotatable bonds is 1. The van der Waals surface area contributed by atoms with Crippen molar-refractivity contribution in [2.75, 3.05) is 5.73 Å². The van der Waals surface area contributed by atoms with E-state index in [1.807, 2.05) is 5.38 Å². The van der Waals surface area contributed by atoms with E-state index in [0.29, 0.717) is 11.0 Å². The van der Waals surface area contributed by atoms with Gasteiger partial charge in [0.1, 0.15) is 0 Å². The molecule has 58 valence electrons. The maximum absolute atomic E-state index is 5.42. The van der Waals surface area contributed by atoms with E-state index in [2.05, 4.69) is 18.8 Å². The van der Waals surface area contributed by atoms with Gasteiger partial charge in [0.25, 0.3) is 0 Å². The standard InChI is InChI=1S/C6H10N2S.ClH/c1-4(2)5-3-9-6(7)8-5;/h3-4H,1-2H3,(H2,7,8);1H. The Hall–Kier alpha value is -0.280. The summed E-state index contributed by atoms with van der Waals surface area (Å²) in [5.74, 6) is 0.499. The van der Waals surface area contributed by atoms with E-state index in [1.54, 1.807) is 0 Å². The fourth-order valence-corrected chi connectivity index (χ4v) is 1.29. The smallest absolute Gasteiger partial charge is 0.180 e. The molecular weight excluding hydrogens is 168 g/mol. The molecule has 1 rings (SSSR count). The number of nitrogen functional groups attached to an aromatic ring is 1. The van der Waals surface area contributed by atoms with Gasteiger partial charge >= 0.3 is 0 Å². The molecule has 0 aromatic carbocycles. The van der Waals surface area contributed by atoms with E-state index in [0.717, 1.165) is 5.69 Å². The van der Waals surface area contributed by atoms with E-state index in [-0.39, 0.29) is 12.4 Å². The summed E-state index contributed by atoms with van der Waals surface area (Å²) < 4.78 is 0. The first kappa shape index (κ1) is 9.72. The van der Waals surface area contributed by atoms with E-state index in [4.69, 9.17) is 5.73 Å². The molecule has 0 atom stereocenters. The van der Waals surface area contributed by atoms with Crippen LogP contribution in [0.3, 0.4) is 0 Å². The van der Waals surface area contributed by atoms with Gasteiger partial charge < -0.3 is 5.73 Å². The highest BCUT2D eigenvalue weighted by atomic mass is 35.5. The van der Waals surface area contributed by atoms with Crippen molar-refractivity contribution in [1.82, 2.24) is 4.98 Å². The van der Waals surface area contributed by atoms with Crippen molar-refractivity contribution in [3.8, 4) is 0 Å². The van der Waals surface area contributed by atoms with Crippen molar-refractivity contribution in [3.05, 3.63) is 11.1 Å². The molecular formula is C6H11ClN2S. The Morgan fingerprint density at radius 1 is 1.60 bits per heavy atom. The van der Waals surface area contributed by atoms with Crippen LogP contribution < -0.4 is 5.73 Å². The lowest BCUT2D eigenvalue weighted by molar-refractivity contribution is 0.834. The minimum Gasteiger partial charge on any atom is -0.375 e. The summed E-state index contributed by atoms with van der Waals surface area (Å²) >= 11 is 1.50. The summed E-state index contributed by atoms with van der Waals surface area (Å²) in [6, 6.07) is 0. The molecule has 0 saturated carbocycles. The van der Waals surface area contributed by atoms with Gasteiger partial charge in [0.2, 0.25) is 0 Å². The van der Waals surface area contributed by atoms with Gasteiger partial charge in [-0.1, -0.05) is 13.8 Å². The van der Waals surface area contributed by atoms with Crippen LogP contribution in [0.2, 0.25) is 0 Å². The van der Waals surface area contributed by atoms with Gasteiger partial charge in [-0.25, -0.2) is 4.98 Å². The molecule has 10 heavy (non-hydrogen) atoms. The minimum absolute atomic E-state index is 0. The molecule has 2 N–H and O–H groups in total. The van der Waals surface area contributed by atoms with Crippen LogP contribution in [0.15, 0.2) is 5.38 Å². The van der Waals surface area contributed by atoms with Crippen molar-refractivity contribution in [3.63, 3.8) is 0 Å². The quantitative estimate of drug-likeness (QED) is 0.717. The zero-order chi connectivity index (χ0) is 6.85. The third kappa shape index (κ3) is 2.15. The number of hydrogen-bond acceptors (Lipinski definition) is 3. The van der Waals surface area contributed by atoms with Gasteiger partial charge in [-0.3, -0.25) is 0 Å². The molecule has 1 heterocycles.